The summed E-state index contributed by atoms with van der Waals surface area (Å²) in [5, 5.41) is 18.5. The van der Waals surface area contributed by atoms with Gasteiger partial charge in [-0.1, -0.05) is 45.1 Å². The van der Waals surface area contributed by atoms with E-state index >= 15 is 0 Å². The molecule has 0 spiro atoms. The van der Waals surface area contributed by atoms with Crippen molar-refractivity contribution in [3.63, 3.8) is 0 Å². The van der Waals surface area contributed by atoms with Crippen LogP contribution < -0.4 is 0 Å². The van der Waals surface area contributed by atoms with E-state index in [-0.39, 0.29) is 0 Å². The zero-order valence-electron chi connectivity index (χ0n) is 9.60. The maximum atomic E-state index is 11.5. The van der Waals surface area contributed by atoms with Crippen LogP contribution in [0, 0.1) is 16.7 Å². The van der Waals surface area contributed by atoms with E-state index in [1.54, 1.807) is 32.9 Å². The molecule has 1 aliphatic rings. The van der Waals surface area contributed by atoms with Crippen molar-refractivity contribution in [3.05, 3.63) is 24.3 Å². The van der Waals surface area contributed by atoms with Gasteiger partial charge in [-0.05, 0) is 5.41 Å². The summed E-state index contributed by atoms with van der Waals surface area (Å²) < 4.78 is 0. The number of rotatable bonds is 2. The highest BCUT2D eigenvalue weighted by Crippen LogP contribution is 2.48. The van der Waals surface area contributed by atoms with Crippen LogP contribution in [0.4, 0.5) is 0 Å². The second-order valence-electron chi connectivity index (χ2n) is 4.98. The normalized spacial score (nSPS) is 29.1. The van der Waals surface area contributed by atoms with Crippen LogP contribution in [0.5, 0.6) is 0 Å². The average Bonchev–Trinajstić information content (AvgIpc) is 2.15. The molecule has 0 saturated carbocycles. The largest absolute Gasteiger partial charge is 0.481 e. The summed E-state index contributed by atoms with van der Waals surface area (Å²) >= 11 is 0. The maximum absolute atomic E-state index is 11.5. The van der Waals surface area contributed by atoms with Crippen LogP contribution in [0.1, 0.15) is 20.8 Å². The molecule has 2 atom stereocenters. The zero-order valence-corrected chi connectivity index (χ0v) is 9.60. The van der Waals surface area contributed by atoms with Crippen molar-refractivity contribution < 1.29 is 19.8 Å². The highest BCUT2D eigenvalue weighted by Gasteiger charge is 2.55. The molecular formula is C12H16O4. The van der Waals surface area contributed by atoms with Crippen molar-refractivity contribution in [2.75, 3.05) is 0 Å². The van der Waals surface area contributed by atoms with Crippen LogP contribution >= 0.6 is 0 Å². The van der Waals surface area contributed by atoms with Gasteiger partial charge in [0.2, 0.25) is 0 Å². The van der Waals surface area contributed by atoms with E-state index < -0.39 is 28.7 Å². The molecule has 4 nitrogen and oxygen atoms in total. The lowest BCUT2D eigenvalue weighted by Gasteiger charge is -2.42. The number of allylic oxidation sites excluding steroid dienone is 2. The molecule has 88 valence electrons. The minimum absolute atomic E-state index is 0.677. The third-order valence-electron chi connectivity index (χ3n) is 3.13. The Bertz CT molecular complexity index is 373. The Morgan fingerprint density at radius 1 is 1.19 bits per heavy atom. The minimum Gasteiger partial charge on any atom is -0.481 e. The number of carbonyl (C=O) groups is 2. The number of carboxylic acids is 2. The molecule has 16 heavy (non-hydrogen) atoms. The van der Waals surface area contributed by atoms with Crippen molar-refractivity contribution in [3.8, 4) is 0 Å². The monoisotopic (exact) mass is 224 g/mol. The van der Waals surface area contributed by atoms with Gasteiger partial charge in [0.05, 0.1) is 5.92 Å². The third-order valence-corrected chi connectivity index (χ3v) is 3.13. The second kappa shape index (κ2) is 3.77. The van der Waals surface area contributed by atoms with Crippen molar-refractivity contribution in [2.45, 2.75) is 20.8 Å². The quantitative estimate of drug-likeness (QED) is 0.751. The van der Waals surface area contributed by atoms with Crippen LogP contribution in [-0.2, 0) is 9.59 Å². The fourth-order valence-corrected chi connectivity index (χ4v) is 2.16. The molecule has 0 fully saturated rings. The topological polar surface area (TPSA) is 74.6 Å². The number of hydrogen-bond donors (Lipinski definition) is 2. The molecule has 0 heterocycles. The Morgan fingerprint density at radius 2 is 1.75 bits per heavy atom. The third kappa shape index (κ3) is 1.64. The second-order valence-corrected chi connectivity index (χ2v) is 4.98. The lowest BCUT2D eigenvalue weighted by atomic mass is 9.58. The van der Waals surface area contributed by atoms with Crippen LogP contribution in [0.25, 0.3) is 0 Å². The van der Waals surface area contributed by atoms with Gasteiger partial charge in [-0.15, -0.1) is 0 Å². The van der Waals surface area contributed by atoms with E-state index in [1.165, 1.54) is 12.2 Å². The summed E-state index contributed by atoms with van der Waals surface area (Å²) in [6, 6.07) is 0. The summed E-state index contributed by atoms with van der Waals surface area (Å²) in [7, 11) is 0. The number of carboxylic acid groups (broad SMARTS) is 2. The summed E-state index contributed by atoms with van der Waals surface area (Å²) in [4.78, 5) is 22.7. The molecule has 0 aromatic rings. The van der Waals surface area contributed by atoms with Gasteiger partial charge in [-0.3, -0.25) is 9.59 Å². The molecule has 0 amide bonds. The molecule has 1 rings (SSSR count). The van der Waals surface area contributed by atoms with Gasteiger partial charge >= 0.3 is 11.9 Å². The van der Waals surface area contributed by atoms with Crippen molar-refractivity contribution in [2.24, 2.45) is 16.7 Å². The Morgan fingerprint density at radius 3 is 2.06 bits per heavy atom. The van der Waals surface area contributed by atoms with Gasteiger partial charge in [0.25, 0.3) is 0 Å². The van der Waals surface area contributed by atoms with Gasteiger partial charge in [-0.25, -0.2) is 0 Å². The fourth-order valence-electron chi connectivity index (χ4n) is 2.16. The molecule has 1 aliphatic carbocycles. The highest BCUT2D eigenvalue weighted by molar-refractivity contribution is 5.88. The zero-order chi connectivity index (χ0) is 12.6. The molecule has 0 aromatic carbocycles. The molecule has 0 bridgehead atoms. The van der Waals surface area contributed by atoms with Crippen LogP contribution in [0.15, 0.2) is 24.3 Å². The fraction of sp³-hybridized carbons (Fsp3) is 0.500. The summed E-state index contributed by atoms with van der Waals surface area (Å²) in [5.74, 6) is -3.25. The van der Waals surface area contributed by atoms with Gasteiger partial charge in [-0.2, -0.15) is 0 Å². The maximum Gasteiger partial charge on any atom is 0.315 e. The first-order chi connectivity index (χ1) is 7.23. The van der Waals surface area contributed by atoms with E-state index in [9.17, 15) is 14.7 Å². The predicted molar refractivity (Wildman–Crippen MR) is 58.9 cm³/mol. The standard InChI is InChI=1S/C12H16O4/c1-11(2,3)12(10(15)16)7-5-4-6-8(12)9(13)14/h4-8H,1-3H3,(H,13,14)(H,15,16). The van der Waals surface area contributed by atoms with E-state index in [0.717, 1.165) is 0 Å². The molecule has 2 unspecified atom stereocenters. The molecule has 0 radical (unpaired) electrons. The first kappa shape index (κ1) is 12.5. The first-order valence-corrected chi connectivity index (χ1v) is 5.05. The predicted octanol–water partition coefficient (Wildman–Crippen LogP) is 1.93. The van der Waals surface area contributed by atoms with Crippen molar-refractivity contribution in [1.29, 1.82) is 0 Å². The van der Waals surface area contributed by atoms with E-state index in [4.69, 9.17) is 5.11 Å². The van der Waals surface area contributed by atoms with Crippen molar-refractivity contribution in [1.82, 2.24) is 0 Å². The molecule has 4 heteroatoms. The highest BCUT2D eigenvalue weighted by atomic mass is 16.4. The summed E-state index contributed by atoms with van der Waals surface area (Å²) in [6.45, 7) is 5.21. The molecule has 0 aliphatic heterocycles. The summed E-state index contributed by atoms with van der Waals surface area (Å²) in [5.41, 5.74) is -2.07. The van der Waals surface area contributed by atoms with E-state index in [0.29, 0.717) is 0 Å². The minimum atomic E-state index is -1.40. The Kier molecular flexibility index (Phi) is 2.95. The van der Waals surface area contributed by atoms with E-state index in [1.807, 2.05) is 0 Å². The molecule has 0 saturated heterocycles. The molecule has 2 N–H and O–H groups in total. The van der Waals surface area contributed by atoms with E-state index in [2.05, 4.69) is 0 Å². The van der Waals surface area contributed by atoms with Gasteiger partial charge in [0.1, 0.15) is 5.41 Å². The Hall–Kier alpha value is -1.58. The Labute approximate surface area is 94.3 Å². The van der Waals surface area contributed by atoms with Crippen molar-refractivity contribution >= 4 is 11.9 Å². The van der Waals surface area contributed by atoms with Gasteiger partial charge < -0.3 is 10.2 Å². The lowest BCUT2D eigenvalue weighted by Crippen LogP contribution is -2.50. The number of hydrogen-bond acceptors (Lipinski definition) is 2. The summed E-state index contributed by atoms with van der Waals surface area (Å²) in [6.07, 6.45) is 6.08. The number of aliphatic carboxylic acids is 2. The molecule has 0 aromatic heterocycles. The van der Waals surface area contributed by atoms with Crippen LogP contribution in [0.3, 0.4) is 0 Å². The first-order valence-electron chi connectivity index (χ1n) is 5.05. The average molecular weight is 224 g/mol. The lowest BCUT2D eigenvalue weighted by molar-refractivity contribution is -0.163. The van der Waals surface area contributed by atoms with Crippen LogP contribution in [-0.4, -0.2) is 22.2 Å². The van der Waals surface area contributed by atoms with Gasteiger partial charge in [0.15, 0.2) is 0 Å². The smallest absolute Gasteiger partial charge is 0.315 e. The molecular weight excluding hydrogens is 208 g/mol. The Balaban J connectivity index is 3.39. The van der Waals surface area contributed by atoms with Crippen LogP contribution in [0.2, 0.25) is 0 Å². The van der Waals surface area contributed by atoms with Gasteiger partial charge in [0, 0.05) is 0 Å². The SMILES string of the molecule is CC(C)(C)C1(C(=O)O)C=CC=CC1C(=O)O.